The van der Waals surface area contributed by atoms with Gasteiger partial charge in [-0.25, -0.2) is 11.6 Å². The molecule has 2 aliphatic carbocycles. The fourth-order valence-electron chi connectivity index (χ4n) is 3.69. The van der Waals surface area contributed by atoms with Gasteiger partial charge < -0.3 is 0 Å². The molecular formula is C35H36Cl2Zr-4. The van der Waals surface area contributed by atoms with Crippen molar-refractivity contribution >= 4 is 29.0 Å². The molecule has 0 amide bonds. The molecule has 2 aliphatic rings. The molecular weight excluding hydrogens is 583 g/mol. The molecule has 0 bridgehead atoms. The summed E-state index contributed by atoms with van der Waals surface area (Å²) >= 11 is 1.30. The predicted molar refractivity (Wildman–Crippen MR) is 166 cm³/mol. The summed E-state index contributed by atoms with van der Waals surface area (Å²) < 4.78 is 3.34. The fraction of sp³-hybridized carbons (Fsp3) is 0.171. The monoisotopic (exact) mass is 616 g/mol. The van der Waals surface area contributed by atoms with Crippen LogP contribution in [0.25, 0.3) is 11.1 Å². The average molecular weight is 619 g/mol. The molecule has 0 heterocycles. The van der Waals surface area contributed by atoms with Crippen LogP contribution in [-0.2, 0) is 30.7 Å². The van der Waals surface area contributed by atoms with Gasteiger partial charge in [0.2, 0.25) is 0 Å². The van der Waals surface area contributed by atoms with E-state index in [1.54, 1.807) is 0 Å². The smallest absolute Gasteiger partial charge is 0.0253 e. The van der Waals surface area contributed by atoms with Crippen molar-refractivity contribution in [3.63, 3.8) is 0 Å². The van der Waals surface area contributed by atoms with Crippen LogP contribution in [0, 0.1) is 44.0 Å². The van der Waals surface area contributed by atoms with Crippen molar-refractivity contribution in [3.8, 4) is 11.1 Å². The van der Waals surface area contributed by atoms with Crippen LogP contribution in [0.2, 0.25) is 0 Å². The Morgan fingerprint density at radius 1 is 0.711 bits per heavy atom. The van der Waals surface area contributed by atoms with Gasteiger partial charge in [-0.15, -0.1) is 37.3 Å². The van der Waals surface area contributed by atoms with Gasteiger partial charge in [-0.2, -0.15) is 108 Å². The number of aryl methyl sites for hydroxylation is 2. The molecule has 0 aromatic heterocycles. The molecule has 1 atom stereocenters. The minimum Gasteiger partial charge on any atom is -0.179 e. The van der Waals surface area contributed by atoms with E-state index in [2.05, 4.69) is 98.7 Å². The summed E-state index contributed by atoms with van der Waals surface area (Å²) in [4.78, 5) is 0. The summed E-state index contributed by atoms with van der Waals surface area (Å²) in [6, 6.07) is 39.7. The largest absolute Gasteiger partial charge is 0.179 e. The molecule has 198 valence electrons. The second-order valence-corrected chi connectivity index (χ2v) is 8.56. The second kappa shape index (κ2) is 20.6. The maximum atomic E-state index is 3.34. The molecule has 0 aliphatic heterocycles. The summed E-state index contributed by atoms with van der Waals surface area (Å²) in [5, 5.41) is 0. The van der Waals surface area contributed by atoms with Crippen molar-refractivity contribution in [1.29, 1.82) is 0 Å². The number of hydrogen-bond donors (Lipinski definition) is 0. The first-order chi connectivity index (χ1) is 17.5. The van der Waals surface area contributed by atoms with Crippen molar-refractivity contribution < 1.29 is 24.2 Å². The molecule has 0 spiro atoms. The molecule has 3 heteroatoms. The van der Waals surface area contributed by atoms with Crippen LogP contribution in [-0.4, -0.2) is 4.21 Å². The van der Waals surface area contributed by atoms with Crippen molar-refractivity contribution in [1.82, 2.24) is 0 Å². The fourth-order valence-corrected chi connectivity index (χ4v) is 3.69. The minimum atomic E-state index is 0. The van der Waals surface area contributed by atoms with Gasteiger partial charge in [0, 0.05) is 0 Å². The normalized spacial score (nSPS) is 12.7. The van der Waals surface area contributed by atoms with Gasteiger partial charge in [0.1, 0.15) is 0 Å². The van der Waals surface area contributed by atoms with Gasteiger partial charge in [-0.05, 0) is 6.42 Å². The zero-order valence-electron chi connectivity index (χ0n) is 22.6. The summed E-state index contributed by atoms with van der Waals surface area (Å²) in [7, 11) is 0. The van der Waals surface area contributed by atoms with E-state index in [-0.39, 0.29) is 24.8 Å². The molecule has 0 nitrogen and oxygen atoms in total. The van der Waals surface area contributed by atoms with Crippen LogP contribution in [0.5, 0.6) is 0 Å². The minimum absolute atomic E-state index is 0. The summed E-state index contributed by atoms with van der Waals surface area (Å²) in [5.74, 6) is 0.556. The Balaban J connectivity index is 0.000000483. The second-order valence-electron chi connectivity index (χ2n) is 8.56. The number of benzene rings is 4. The number of allylic oxidation sites excluding steroid dienone is 4. The number of halogens is 2. The van der Waals surface area contributed by atoms with Gasteiger partial charge in [0.25, 0.3) is 0 Å². The first kappa shape index (κ1) is 35.7. The van der Waals surface area contributed by atoms with E-state index in [9.17, 15) is 0 Å². The molecule has 0 N–H and O–H groups in total. The zero-order valence-corrected chi connectivity index (χ0v) is 26.7. The van der Waals surface area contributed by atoms with E-state index in [4.69, 9.17) is 0 Å². The van der Waals surface area contributed by atoms with Gasteiger partial charge in [-0.1, -0.05) is 62.1 Å². The van der Waals surface area contributed by atoms with Crippen molar-refractivity contribution in [3.05, 3.63) is 155 Å². The van der Waals surface area contributed by atoms with E-state index in [1.807, 2.05) is 60.7 Å². The third kappa shape index (κ3) is 13.0. The van der Waals surface area contributed by atoms with Crippen molar-refractivity contribution in [2.75, 3.05) is 0 Å². The van der Waals surface area contributed by atoms with E-state index in [1.165, 1.54) is 63.2 Å². The summed E-state index contributed by atoms with van der Waals surface area (Å²) in [5.41, 5.74) is 9.43. The first-order valence-corrected chi connectivity index (χ1v) is 13.8. The third-order valence-electron chi connectivity index (χ3n) is 5.47. The quantitative estimate of drug-likeness (QED) is 0.152. The molecule has 4 aromatic carbocycles. The molecule has 4 aromatic rings. The molecule has 6 rings (SSSR count). The van der Waals surface area contributed by atoms with Crippen LogP contribution < -0.4 is 0 Å². The summed E-state index contributed by atoms with van der Waals surface area (Å²) in [6.07, 6.45) is 8.43. The van der Waals surface area contributed by atoms with Crippen LogP contribution >= 0.6 is 24.8 Å². The van der Waals surface area contributed by atoms with Crippen molar-refractivity contribution in [2.45, 2.75) is 34.1 Å². The standard InChI is InChI=1S/C13H9.C7H9.2C7H7.CH2.2ClH.Zr/c1-3-7-12-10(5-1)9-11-6-2-4-8-13(11)12;1-6-3-4-7(2)5-6;2*1-7-5-3-2-4-6-7;;;;/h1-5,7-8H,9H2;3,5,7H,1-2H3;2*3-6H,1H3;1H2;2*1H;/q4*-1;;;;. The molecule has 0 saturated heterocycles. The molecule has 0 saturated carbocycles. The maximum Gasteiger partial charge on any atom is -0.0253 e. The Morgan fingerprint density at radius 2 is 1.24 bits per heavy atom. The van der Waals surface area contributed by atoms with Gasteiger partial charge in [-0.3, -0.25) is 6.08 Å². The predicted octanol–water partition coefficient (Wildman–Crippen LogP) is 9.40. The van der Waals surface area contributed by atoms with E-state index in [0.717, 1.165) is 6.42 Å². The summed E-state index contributed by atoms with van der Waals surface area (Å²) in [6.45, 7) is 8.35. The topological polar surface area (TPSA) is 0 Å². The van der Waals surface area contributed by atoms with Crippen LogP contribution in [0.15, 0.2) is 109 Å². The number of fused-ring (bicyclic) bond motifs is 3. The van der Waals surface area contributed by atoms with Crippen LogP contribution in [0.3, 0.4) is 0 Å². The number of hydrogen-bond acceptors (Lipinski definition) is 0. The van der Waals surface area contributed by atoms with Crippen LogP contribution in [0.4, 0.5) is 0 Å². The Bertz CT molecular complexity index is 1150. The van der Waals surface area contributed by atoms with Gasteiger partial charge in [0.05, 0.1) is 0 Å². The van der Waals surface area contributed by atoms with Gasteiger partial charge in [0.15, 0.2) is 0 Å². The number of rotatable bonds is 0. The Labute approximate surface area is 258 Å². The first-order valence-electron chi connectivity index (χ1n) is 12.1. The molecule has 1 unspecified atom stereocenters. The maximum absolute atomic E-state index is 3.34. The van der Waals surface area contributed by atoms with Gasteiger partial charge >= 0.3 is 28.4 Å². The van der Waals surface area contributed by atoms with E-state index < -0.39 is 0 Å². The van der Waals surface area contributed by atoms with Crippen LogP contribution in [0.1, 0.15) is 36.1 Å². The van der Waals surface area contributed by atoms with Crippen molar-refractivity contribution in [2.24, 2.45) is 5.92 Å². The van der Waals surface area contributed by atoms with E-state index >= 15 is 0 Å². The third-order valence-corrected chi connectivity index (χ3v) is 5.47. The molecule has 38 heavy (non-hydrogen) atoms. The zero-order chi connectivity index (χ0) is 26.2. The Morgan fingerprint density at radius 3 is 1.66 bits per heavy atom. The Kier molecular flexibility index (Phi) is 19.4. The average Bonchev–Trinajstić information content (AvgIpc) is 3.49. The SMILES string of the molecule is CC1=CC(C)[C-]=C1.Cc1cc[c-]cc1.Cc1cc[c-]cc1.Cl.Cl.[CH2]=[Zr].[c-]1cccc2c1Cc1ccccc1-2. The Hall–Kier alpha value is -2.31. The van der Waals surface area contributed by atoms with E-state index in [0.29, 0.717) is 5.92 Å². The molecule has 0 fully saturated rings. The molecule has 0 radical (unpaired) electrons.